The lowest BCUT2D eigenvalue weighted by atomic mass is 9.98. The van der Waals surface area contributed by atoms with Crippen molar-refractivity contribution in [2.45, 2.75) is 19.9 Å². The fourth-order valence-corrected chi connectivity index (χ4v) is 4.65. The van der Waals surface area contributed by atoms with Gasteiger partial charge in [0.25, 0.3) is 0 Å². The van der Waals surface area contributed by atoms with Gasteiger partial charge in [0.15, 0.2) is 5.82 Å². The second-order valence-electron chi connectivity index (χ2n) is 8.46. The highest BCUT2D eigenvalue weighted by Crippen LogP contribution is 2.29. The molecule has 8 heteroatoms. The first kappa shape index (κ1) is 23.1. The average Bonchev–Trinajstić information content (AvgIpc) is 3.33. The van der Waals surface area contributed by atoms with Gasteiger partial charge in [0, 0.05) is 22.4 Å². The van der Waals surface area contributed by atoms with Crippen LogP contribution in [0, 0.1) is 24.6 Å². The van der Waals surface area contributed by atoms with Gasteiger partial charge in [-0.3, -0.25) is 14.4 Å². The zero-order valence-corrected chi connectivity index (χ0v) is 19.5. The Morgan fingerprint density at radius 1 is 0.972 bits per heavy atom. The summed E-state index contributed by atoms with van der Waals surface area (Å²) in [7, 11) is 0. The SMILES string of the molecule is Cc1nnc2n1-c1ccc(C#CCN3C(=O)Cc4ccccc43)cc1C(c1ccccc1F)=NC2.O. The maximum absolute atomic E-state index is 14.8. The lowest BCUT2D eigenvalue weighted by molar-refractivity contribution is -0.117. The molecule has 0 fully saturated rings. The summed E-state index contributed by atoms with van der Waals surface area (Å²) in [4.78, 5) is 18.9. The molecule has 0 atom stereocenters. The van der Waals surface area contributed by atoms with Crippen molar-refractivity contribution in [1.29, 1.82) is 0 Å². The van der Waals surface area contributed by atoms with Gasteiger partial charge in [0.1, 0.15) is 18.2 Å². The molecule has 3 heterocycles. The molecule has 36 heavy (non-hydrogen) atoms. The number of hydrogen-bond donors (Lipinski definition) is 0. The first-order chi connectivity index (χ1) is 17.1. The molecule has 4 aromatic rings. The molecule has 0 radical (unpaired) electrons. The third-order valence-corrected chi connectivity index (χ3v) is 6.29. The molecule has 2 aliphatic heterocycles. The molecular formula is C28H22FN5O2. The van der Waals surface area contributed by atoms with Crippen molar-refractivity contribution in [3.63, 3.8) is 0 Å². The molecule has 0 unspecified atom stereocenters. The second kappa shape index (κ2) is 9.21. The second-order valence-corrected chi connectivity index (χ2v) is 8.46. The number of nitrogens with zero attached hydrogens (tertiary/aromatic N) is 5. The maximum Gasteiger partial charge on any atom is 0.232 e. The van der Waals surface area contributed by atoms with E-state index in [-0.39, 0.29) is 23.7 Å². The number of carbonyl (C=O) groups is 1. The molecule has 1 aromatic heterocycles. The summed E-state index contributed by atoms with van der Waals surface area (Å²) >= 11 is 0. The molecule has 0 saturated carbocycles. The van der Waals surface area contributed by atoms with Crippen molar-refractivity contribution in [3.05, 3.63) is 106 Å². The number of halogens is 1. The summed E-state index contributed by atoms with van der Waals surface area (Å²) in [5.74, 6) is 7.45. The number of aliphatic imine (C=N–C) groups is 1. The minimum Gasteiger partial charge on any atom is -0.412 e. The normalized spacial score (nSPS) is 13.4. The van der Waals surface area contributed by atoms with E-state index in [2.05, 4.69) is 22.0 Å². The first-order valence-corrected chi connectivity index (χ1v) is 11.3. The van der Waals surface area contributed by atoms with E-state index in [9.17, 15) is 9.18 Å². The minimum absolute atomic E-state index is 0. The molecule has 0 spiro atoms. The van der Waals surface area contributed by atoms with Crippen molar-refractivity contribution in [2.24, 2.45) is 4.99 Å². The van der Waals surface area contributed by atoms with Crippen molar-refractivity contribution in [1.82, 2.24) is 14.8 Å². The summed E-state index contributed by atoms with van der Waals surface area (Å²) in [5, 5.41) is 8.45. The fourth-order valence-electron chi connectivity index (χ4n) is 4.65. The highest BCUT2D eigenvalue weighted by atomic mass is 19.1. The summed E-state index contributed by atoms with van der Waals surface area (Å²) in [5.41, 5.74) is 5.25. The molecule has 3 aromatic carbocycles. The Bertz CT molecular complexity index is 1590. The summed E-state index contributed by atoms with van der Waals surface area (Å²) < 4.78 is 16.7. The quantitative estimate of drug-likeness (QED) is 0.413. The Morgan fingerprint density at radius 3 is 2.64 bits per heavy atom. The van der Waals surface area contributed by atoms with Crippen molar-refractivity contribution in [3.8, 4) is 17.5 Å². The Labute approximate surface area is 207 Å². The lowest BCUT2D eigenvalue weighted by Gasteiger charge is -2.14. The largest absolute Gasteiger partial charge is 0.412 e. The van der Waals surface area contributed by atoms with E-state index in [0.29, 0.717) is 30.1 Å². The molecule has 2 aliphatic rings. The van der Waals surface area contributed by atoms with Crippen LogP contribution in [0.5, 0.6) is 0 Å². The molecule has 7 nitrogen and oxygen atoms in total. The standard InChI is InChI=1S/C28H20FN5O.H2O/c1-18-31-32-26-17-30-28(21-9-3-4-10-23(21)29)22-15-19(12-13-25(22)34(18)26)7-6-14-33-24-11-5-2-8-20(24)16-27(33)35;/h2-5,8-13,15H,14,16-17H2,1H3;1H2. The number of aromatic nitrogens is 3. The Balaban J connectivity index is 0.00000267. The van der Waals surface area contributed by atoms with E-state index in [1.165, 1.54) is 6.07 Å². The third-order valence-electron chi connectivity index (χ3n) is 6.29. The molecule has 1 amide bonds. The van der Waals surface area contributed by atoms with Crippen LogP contribution in [0.1, 0.15) is 33.9 Å². The molecule has 178 valence electrons. The van der Waals surface area contributed by atoms with Crippen LogP contribution in [0.3, 0.4) is 0 Å². The van der Waals surface area contributed by atoms with Gasteiger partial charge >= 0.3 is 0 Å². The Hall–Kier alpha value is -4.61. The summed E-state index contributed by atoms with van der Waals surface area (Å²) in [6.45, 7) is 2.47. The first-order valence-electron chi connectivity index (χ1n) is 11.3. The van der Waals surface area contributed by atoms with Gasteiger partial charge in [-0.05, 0) is 48.9 Å². The molecule has 0 bridgehead atoms. The van der Waals surface area contributed by atoms with Gasteiger partial charge in [0.05, 0.1) is 24.4 Å². The zero-order chi connectivity index (χ0) is 23.9. The van der Waals surface area contributed by atoms with Crippen LogP contribution in [0.4, 0.5) is 10.1 Å². The molecular weight excluding hydrogens is 457 g/mol. The number of para-hydroxylation sites is 1. The number of amides is 1. The molecule has 6 rings (SSSR count). The maximum atomic E-state index is 14.8. The number of rotatable bonds is 2. The van der Waals surface area contributed by atoms with Crippen LogP contribution in [0.2, 0.25) is 0 Å². The Morgan fingerprint density at radius 2 is 1.78 bits per heavy atom. The van der Waals surface area contributed by atoms with E-state index < -0.39 is 0 Å². The summed E-state index contributed by atoms with van der Waals surface area (Å²) in [6, 6.07) is 20.2. The van der Waals surface area contributed by atoms with Crippen LogP contribution in [-0.4, -0.2) is 38.4 Å². The van der Waals surface area contributed by atoms with Crippen LogP contribution in [0.15, 0.2) is 71.7 Å². The van der Waals surface area contributed by atoms with E-state index in [1.807, 2.05) is 54.0 Å². The topological polar surface area (TPSA) is 94.9 Å². The van der Waals surface area contributed by atoms with E-state index in [0.717, 1.165) is 33.9 Å². The van der Waals surface area contributed by atoms with Crippen LogP contribution in [0.25, 0.3) is 5.69 Å². The number of anilines is 1. The number of benzene rings is 3. The highest BCUT2D eigenvalue weighted by Gasteiger charge is 2.26. The third kappa shape index (κ3) is 3.85. The van der Waals surface area contributed by atoms with Gasteiger partial charge in [-0.1, -0.05) is 42.2 Å². The molecule has 0 aliphatic carbocycles. The predicted octanol–water partition coefficient (Wildman–Crippen LogP) is 3.18. The van der Waals surface area contributed by atoms with Crippen molar-refractivity contribution in [2.75, 3.05) is 11.4 Å². The van der Waals surface area contributed by atoms with Gasteiger partial charge < -0.3 is 10.4 Å². The van der Waals surface area contributed by atoms with Crippen molar-refractivity contribution >= 4 is 17.3 Å². The van der Waals surface area contributed by atoms with E-state index >= 15 is 0 Å². The van der Waals surface area contributed by atoms with Crippen LogP contribution >= 0.6 is 0 Å². The highest BCUT2D eigenvalue weighted by molar-refractivity contribution is 6.15. The number of aryl methyl sites for hydroxylation is 1. The van der Waals surface area contributed by atoms with Gasteiger partial charge in [0.2, 0.25) is 5.91 Å². The number of hydrogen-bond acceptors (Lipinski definition) is 4. The number of fused-ring (bicyclic) bond motifs is 4. The van der Waals surface area contributed by atoms with Gasteiger partial charge in [-0.15, -0.1) is 10.2 Å². The smallest absolute Gasteiger partial charge is 0.232 e. The number of carbonyl (C=O) groups excluding carboxylic acids is 1. The average molecular weight is 480 g/mol. The minimum atomic E-state index is -0.339. The van der Waals surface area contributed by atoms with E-state index in [4.69, 9.17) is 4.99 Å². The van der Waals surface area contributed by atoms with Gasteiger partial charge in [-0.2, -0.15) is 0 Å². The monoisotopic (exact) mass is 479 g/mol. The van der Waals surface area contributed by atoms with E-state index in [1.54, 1.807) is 23.1 Å². The summed E-state index contributed by atoms with van der Waals surface area (Å²) in [6.07, 6.45) is 0.403. The zero-order valence-electron chi connectivity index (χ0n) is 19.5. The van der Waals surface area contributed by atoms with Crippen LogP contribution in [-0.2, 0) is 17.8 Å². The molecule has 2 N–H and O–H groups in total. The Kier molecular flexibility index (Phi) is 5.92. The molecule has 0 saturated heterocycles. The van der Waals surface area contributed by atoms with Gasteiger partial charge in [-0.25, -0.2) is 4.39 Å². The lowest BCUT2D eigenvalue weighted by Crippen LogP contribution is -2.26. The fraction of sp³-hybridized carbons (Fsp3) is 0.143. The van der Waals surface area contributed by atoms with Crippen molar-refractivity contribution < 1.29 is 14.7 Å². The predicted molar refractivity (Wildman–Crippen MR) is 135 cm³/mol. The van der Waals surface area contributed by atoms with Crippen LogP contribution < -0.4 is 4.90 Å².